The fourth-order valence-corrected chi connectivity index (χ4v) is 0.499. The Kier molecular flexibility index (Phi) is 1.18. The van der Waals surface area contributed by atoms with E-state index in [4.69, 9.17) is 11.5 Å². The maximum atomic E-state index is 5.36. The van der Waals surface area contributed by atoms with Gasteiger partial charge in [-0.05, 0) is 0 Å². The van der Waals surface area contributed by atoms with E-state index < -0.39 is 0 Å². The second-order valence-electron chi connectivity index (χ2n) is 1.54. The summed E-state index contributed by atoms with van der Waals surface area (Å²) >= 11 is 0. The molecule has 0 spiro atoms. The molecule has 0 fully saturated rings. The average Bonchev–Trinajstić information content (AvgIpc) is 2.15. The molecule has 0 aromatic carbocycles. The van der Waals surface area contributed by atoms with Gasteiger partial charge in [-0.15, -0.1) is 5.10 Å². The Morgan fingerprint density at radius 1 is 1.67 bits per heavy atom. The van der Waals surface area contributed by atoms with Crippen molar-refractivity contribution in [1.82, 2.24) is 9.94 Å². The molecule has 0 saturated carbocycles. The monoisotopic (exact) mass is 128 g/mol. The molecule has 50 valence electrons. The first kappa shape index (κ1) is 5.74. The van der Waals surface area contributed by atoms with Crippen LogP contribution in [0.2, 0.25) is 0 Å². The van der Waals surface area contributed by atoms with Gasteiger partial charge in [-0.2, -0.15) is 0 Å². The molecule has 1 rings (SSSR count). The first-order chi connectivity index (χ1) is 4.25. The summed E-state index contributed by atoms with van der Waals surface area (Å²) in [6, 6.07) is 0. The van der Waals surface area contributed by atoms with E-state index in [2.05, 4.69) is 9.94 Å². The van der Waals surface area contributed by atoms with Crippen molar-refractivity contribution in [2.24, 2.45) is 0 Å². The molecule has 0 radical (unpaired) electrons. The lowest BCUT2D eigenvalue weighted by atomic mass is 10.5. The molecule has 0 bridgehead atoms. The highest BCUT2D eigenvalue weighted by atomic mass is 16.7. The molecule has 0 aliphatic heterocycles. The van der Waals surface area contributed by atoms with Crippen molar-refractivity contribution in [3.05, 3.63) is 6.20 Å². The number of aromatic nitrogens is 2. The molecular weight excluding hydrogens is 120 g/mol. The van der Waals surface area contributed by atoms with E-state index in [9.17, 15) is 0 Å². The minimum absolute atomic E-state index is 0.331. The van der Waals surface area contributed by atoms with Crippen molar-refractivity contribution in [2.75, 3.05) is 18.6 Å². The summed E-state index contributed by atoms with van der Waals surface area (Å²) in [4.78, 5) is 5.81. The number of anilines is 2. The van der Waals surface area contributed by atoms with Crippen LogP contribution in [0.5, 0.6) is 0 Å². The van der Waals surface area contributed by atoms with Crippen LogP contribution in [0, 0.1) is 0 Å². The van der Waals surface area contributed by atoms with E-state index in [0.717, 1.165) is 4.85 Å². The van der Waals surface area contributed by atoms with Gasteiger partial charge in [-0.1, -0.05) is 4.85 Å². The Labute approximate surface area is 52.2 Å². The molecule has 1 aromatic heterocycles. The zero-order chi connectivity index (χ0) is 6.85. The molecule has 0 amide bonds. The maximum Gasteiger partial charge on any atom is 0.186 e. The van der Waals surface area contributed by atoms with Crippen molar-refractivity contribution in [3.8, 4) is 0 Å². The van der Waals surface area contributed by atoms with Crippen molar-refractivity contribution >= 4 is 11.5 Å². The molecule has 0 saturated heterocycles. The molecule has 0 unspecified atom stereocenters. The first-order valence-electron chi connectivity index (χ1n) is 2.39. The Morgan fingerprint density at radius 2 is 2.33 bits per heavy atom. The van der Waals surface area contributed by atoms with Gasteiger partial charge in [0.1, 0.15) is 7.11 Å². The van der Waals surface area contributed by atoms with E-state index in [-0.39, 0.29) is 0 Å². The number of nitrogens with two attached hydrogens (primary N) is 2. The van der Waals surface area contributed by atoms with Crippen molar-refractivity contribution in [2.45, 2.75) is 0 Å². The maximum absolute atomic E-state index is 5.36. The zero-order valence-electron chi connectivity index (χ0n) is 5.03. The third kappa shape index (κ3) is 0.758. The van der Waals surface area contributed by atoms with Gasteiger partial charge in [0.25, 0.3) is 0 Å². The minimum atomic E-state index is 0.331. The van der Waals surface area contributed by atoms with Gasteiger partial charge < -0.3 is 16.3 Å². The summed E-state index contributed by atoms with van der Waals surface area (Å²) in [6.07, 6.45) is 1.43. The molecule has 1 heterocycles. The van der Waals surface area contributed by atoms with Crippen LogP contribution in [-0.4, -0.2) is 17.1 Å². The van der Waals surface area contributed by atoms with Gasteiger partial charge in [0.15, 0.2) is 5.82 Å². The van der Waals surface area contributed by atoms with Gasteiger partial charge >= 0.3 is 0 Å². The summed E-state index contributed by atoms with van der Waals surface area (Å²) in [6.45, 7) is 0. The number of hydrogen-bond donors (Lipinski definition) is 2. The van der Waals surface area contributed by atoms with Crippen LogP contribution in [0.4, 0.5) is 11.5 Å². The second kappa shape index (κ2) is 1.85. The Morgan fingerprint density at radius 3 is 2.56 bits per heavy atom. The second-order valence-corrected chi connectivity index (χ2v) is 1.54. The minimum Gasteiger partial charge on any atom is -0.398 e. The van der Waals surface area contributed by atoms with Crippen LogP contribution in [0.1, 0.15) is 0 Å². The van der Waals surface area contributed by atoms with Crippen molar-refractivity contribution in [1.29, 1.82) is 0 Å². The standard InChI is InChI=1S/C4H8N4O/c1-9-8-4(6)3(5)2-7-8/h2H,5-6H2,1H3. The molecule has 1 aromatic rings. The summed E-state index contributed by atoms with van der Waals surface area (Å²) in [5.41, 5.74) is 11.1. The molecule has 0 aliphatic carbocycles. The lowest BCUT2D eigenvalue weighted by Gasteiger charge is -1.98. The van der Waals surface area contributed by atoms with Gasteiger partial charge in [0, 0.05) is 0 Å². The third-order valence-electron chi connectivity index (χ3n) is 0.976. The topological polar surface area (TPSA) is 79.1 Å². The van der Waals surface area contributed by atoms with Gasteiger partial charge in [0.2, 0.25) is 0 Å². The lowest BCUT2D eigenvalue weighted by Crippen LogP contribution is -2.11. The van der Waals surface area contributed by atoms with E-state index >= 15 is 0 Å². The molecule has 5 nitrogen and oxygen atoms in total. The van der Waals surface area contributed by atoms with Gasteiger partial charge in [-0.25, -0.2) is 0 Å². The van der Waals surface area contributed by atoms with E-state index in [1.165, 1.54) is 13.3 Å². The van der Waals surface area contributed by atoms with Crippen LogP contribution in [0.3, 0.4) is 0 Å². The summed E-state index contributed by atoms with van der Waals surface area (Å²) in [5, 5.41) is 3.68. The quantitative estimate of drug-likeness (QED) is 0.514. The first-order valence-corrected chi connectivity index (χ1v) is 2.39. The fraction of sp³-hybridized carbons (Fsp3) is 0.250. The fourth-order valence-electron chi connectivity index (χ4n) is 0.499. The molecule has 4 N–H and O–H groups in total. The number of nitrogens with zero attached hydrogens (tertiary/aromatic N) is 2. The summed E-state index contributed by atoms with van der Waals surface area (Å²) < 4.78 is 0. The summed E-state index contributed by atoms with van der Waals surface area (Å²) in [7, 11) is 1.46. The highest BCUT2D eigenvalue weighted by Crippen LogP contribution is 2.09. The predicted octanol–water partition coefficient (Wildman–Crippen LogP) is -0.894. The van der Waals surface area contributed by atoms with Gasteiger partial charge in [0.05, 0.1) is 11.9 Å². The third-order valence-corrected chi connectivity index (χ3v) is 0.976. The highest BCUT2D eigenvalue weighted by Gasteiger charge is 2.00. The molecular formula is C4H8N4O. The van der Waals surface area contributed by atoms with Crippen LogP contribution >= 0.6 is 0 Å². The predicted molar refractivity (Wildman–Crippen MR) is 33.6 cm³/mol. The van der Waals surface area contributed by atoms with Crippen LogP contribution in [-0.2, 0) is 0 Å². The Balaban J connectivity index is 3.04. The Hall–Kier alpha value is -1.39. The number of rotatable bonds is 1. The van der Waals surface area contributed by atoms with Crippen LogP contribution in [0.25, 0.3) is 0 Å². The molecule has 0 aliphatic rings. The number of nitrogen functional groups attached to an aromatic ring is 2. The van der Waals surface area contributed by atoms with Crippen molar-refractivity contribution in [3.63, 3.8) is 0 Å². The molecule has 0 atom stereocenters. The van der Waals surface area contributed by atoms with Gasteiger partial charge in [-0.3, -0.25) is 0 Å². The van der Waals surface area contributed by atoms with E-state index in [1.54, 1.807) is 0 Å². The lowest BCUT2D eigenvalue weighted by molar-refractivity contribution is 0.139. The molecule has 9 heavy (non-hydrogen) atoms. The van der Waals surface area contributed by atoms with Crippen molar-refractivity contribution < 1.29 is 4.84 Å². The average molecular weight is 128 g/mol. The van der Waals surface area contributed by atoms with E-state index in [0.29, 0.717) is 11.5 Å². The molecule has 5 heteroatoms. The largest absolute Gasteiger partial charge is 0.398 e. The Bertz CT molecular complexity index is 206. The number of hydrogen-bond acceptors (Lipinski definition) is 4. The normalized spacial score (nSPS) is 9.44. The summed E-state index contributed by atoms with van der Waals surface area (Å²) in [5.74, 6) is 0.331. The zero-order valence-corrected chi connectivity index (χ0v) is 5.03. The highest BCUT2D eigenvalue weighted by molar-refractivity contribution is 5.56. The van der Waals surface area contributed by atoms with E-state index in [1.807, 2.05) is 0 Å². The van der Waals surface area contributed by atoms with Crippen LogP contribution in [0.15, 0.2) is 6.20 Å². The SMILES string of the molecule is COn1ncc(N)c1N. The smallest absolute Gasteiger partial charge is 0.186 e. The van der Waals surface area contributed by atoms with Crippen LogP contribution < -0.4 is 16.3 Å².